The second-order valence-corrected chi connectivity index (χ2v) is 6.61. The van der Waals surface area contributed by atoms with Crippen molar-refractivity contribution in [2.24, 2.45) is 0 Å². The number of urea groups is 1. The van der Waals surface area contributed by atoms with Gasteiger partial charge in [-0.2, -0.15) is 11.3 Å². The van der Waals surface area contributed by atoms with Crippen molar-refractivity contribution in [3.63, 3.8) is 0 Å². The first-order valence-corrected chi connectivity index (χ1v) is 8.82. The van der Waals surface area contributed by atoms with Crippen LogP contribution in [-0.2, 0) is 12.8 Å². The number of thiophene rings is 1. The predicted octanol–water partition coefficient (Wildman–Crippen LogP) is 2.76. The molecule has 0 unspecified atom stereocenters. The summed E-state index contributed by atoms with van der Waals surface area (Å²) in [5.74, 6) is 0. The summed E-state index contributed by atoms with van der Waals surface area (Å²) in [6.07, 6.45) is 1.79. The standard InChI is InChI=1S/C18H25N3OS/c1-21(2)17(12-15-6-4-3-5-7-15)13-20-18(22)19-10-8-16-9-11-23-14-16/h3-7,9,11,14,17H,8,10,12-13H2,1-2H3,(H2,19,20,22)/t17-/m1/s1. The van der Waals surface area contributed by atoms with Gasteiger partial charge in [0.1, 0.15) is 0 Å². The summed E-state index contributed by atoms with van der Waals surface area (Å²) < 4.78 is 0. The molecular formula is C18H25N3OS. The molecule has 2 amide bonds. The van der Waals surface area contributed by atoms with E-state index in [1.807, 2.05) is 32.3 Å². The number of amides is 2. The summed E-state index contributed by atoms with van der Waals surface area (Å²) >= 11 is 1.68. The van der Waals surface area contributed by atoms with Gasteiger partial charge in [0.2, 0.25) is 0 Å². The van der Waals surface area contributed by atoms with E-state index in [1.54, 1.807) is 11.3 Å². The molecule has 0 aliphatic heterocycles. The van der Waals surface area contributed by atoms with Gasteiger partial charge < -0.3 is 15.5 Å². The van der Waals surface area contributed by atoms with E-state index in [0.717, 1.165) is 12.8 Å². The van der Waals surface area contributed by atoms with Crippen LogP contribution in [0.25, 0.3) is 0 Å². The van der Waals surface area contributed by atoms with Gasteiger partial charge in [-0.15, -0.1) is 0 Å². The quantitative estimate of drug-likeness (QED) is 0.781. The molecule has 1 heterocycles. The minimum Gasteiger partial charge on any atom is -0.338 e. The molecule has 0 aliphatic carbocycles. The van der Waals surface area contributed by atoms with Crippen LogP contribution in [0.2, 0.25) is 0 Å². The van der Waals surface area contributed by atoms with E-state index in [-0.39, 0.29) is 12.1 Å². The van der Waals surface area contributed by atoms with Crippen LogP contribution in [-0.4, -0.2) is 44.2 Å². The van der Waals surface area contributed by atoms with Crippen molar-refractivity contribution in [1.82, 2.24) is 15.5 Å². The smallest absolute Gasteiger partial charge is 0.314 e. The first-order valence-electron chi connectivity index (χ1n) is 7.88. The summed E-state index contributed by atoms with van der Waals surface area (Å²) in [7, 11) is 4.09. The van der Waals surface area contributed by atoms with Gasteiger partial charge in [0, 0.05) is 19.1 Å². The van der Waals surface area contributed by atoms with Crippen molar-refractivity contribution in [2.75, 3.05) is 27.2 Å². The van der Waals surface area contributed by atoms with Gasteiger partial charge in [-0.05, 0) is 54.9 Å². The van der Waals surface area contributed by atoms with Gasteiger partial charge in [0.25, 0.3) is 0 Å². The third-order valence-corrected chi connectivity index (χ3v) is 4.55. The van der Waals surface area contributed by atoms with Gasteiger partial charge in [0.05, 0.1) is 0 Å². The zero-order chi connectivity index (χ0) is 16.5. The van der Waals surface area contributed by atoms with Crippen LogP contribution in [0.5, 0.6) is 0 Å². The van der Waals surface area contributed by atoms with Crippen molar-refractivity contribution in [2.45, 2.75) is 18.9 Å². The number of benzene rings is 1. The zero-order valence-corrected chi connectivity index (χ0v) is 14.6. The molecule has 0 radical (unpaired) electrons. The third-order valence-electron chi connectivity index (χ3n) is 3.82. The highest BCUT2D eigenvalue weighted by Gasteiger charge is 2.13. The minimum atomic E-state index is -0.0971. The molecule has 1 aromatic carbocycles. The number of nitrogens with one attached hydrogen (secondary N) is 2. The molecule has 2 N–H and O–H groups in total. The monoisotopic (exact) mass is 331 g/mol. The van der Waals surface area contributed by atoms with Crippen LogP contribution in [0.15, 0.2) is 47.2 Å². The van der Waals surface area contributed by atoms with Crippen molar-refractivity contribution in [1.29, 1.82) is 0 Å². The third kappa shape index (κ3) is 6.42. The topological polar surface area (TPSA) is 44.4 Å². The Morgan fingerprint density at radius 2 is 1.91 bits per heavy atom. The molecule has 0 saturated heterocycles. The molecule has 0 spiro atoms. The van der Waals surface area contributed by atoms with Crippen LogP contribution >= 0.6 is 11.3 Å². The van der Waals surface area contributed by atoms with Crippen LogP contribution in [0.4, 0.5) is 4.79 Å². The highest BCUT2D eigenvalue weighted by molar-refractivity contribution is 7.07. The molecule has 1 aromatic heterocycles. The van der Waals surface area contributed by atoms with Crippen LogP contribution in [0.3, 0.4) is 0 Å². The van der Waals surface area contributed by atoms with E-state index in [4.69, 9.17) is 0 Å². The van der Waals surface area contributed by atoms with Crippen molar-refractivity contribution in [3.8, 4) is 0 Å². The Morgan fingerprint density at radius 1 is 1.13 bits per heavy atom. The van der Waals surface area contributed by atoms with E-state index in [2.05, 4.69) is 44.5 Å². The van der Waals surface area contributed by atoms with Gasteiger partial charge in [-0.3, -0.25) is 0 Å². The second kappa shape index (κ2) is 9.33. The Hall–Kier alpha value is -1.85. The van der Waals surface area contributed by atoms with E-state index in [1.165, 1.54) is 11.1 Å². The molecule has 4 nitrogen and oxygen atoms in total. The average Bonchev–Trinajstić information content (AvgIpc) is 3.05. The predicted molar refractivity (Wildman–Crippen MR) is 97.0 cm³/mol. The number of rotatable bonds is 8. The van der Waals surface area contributed by atoms with Gasteiger partial charge in [0.15, 0.2) is 0 Å². The number of hydrogen-bond donors (Lipinski definition) is 2. The molecule has 2 aromatic rings. The largest absolute Gasteiger partial charge is 0.338 e. The molecule has 0 fully saturated rings. The first-order chi connectivity index (χ1) is 11.1. The second-order valence-electron chi connectivity index (χ2n) is 5.83. The zero-order valence-electron chi connectivity index (χ0n) is 13.8. The van der Waals surface area contributed by atoms with E-state index in [9.17, 15) is 4.79 Å². The first kappa shape index (κ1) is 17.5. The molecule has 0 saturated carbocycles. The molecule has 0 bridgehead atoms. The fourth-order valence-corrected chi connectivity index (χ4v) is 3.05. The van der Waals surface area contributed by atoms with Gasteiger partial charge in [-0.1, -0.05) is 30.3 Å². The number of nitrogens with zero attached hydrogens (tertiary/aromatic N) is 1. The Morgan fingerprint density at radius 3 is 2.57 bits per heavy atom. The van der Waals surface area contributed by atoms with Crippen LogP contribution < -0.4 is 10.6 Å². The Balaban J connectivity index is 1.71. The van der Waals surface area contributed by atoms with Crippen molar-refractivity contribution in [3.05, 3.63) is 58.3 Å². The fraction of sp³-hybridized carbons (Fsp3) is 0.389. The van der Waals surface area contributed by atoms with E-state index in [0.29, 0.717) is 13.1 Å². The molecule has 2 rings (SSSR count). The lowest BCUT2D eigenvalue weighted by molar-refractivity contribution is 0.232. The van der Waals surface area contributed by atoms with E-state index < -0.39 is 0 Å². The summed E-state index contributed by atoms with van der Waals surface area (Å²) in [5, 5.41) is 10.1. The summed E-state index contributed by atoms with van der Waals surface area (Å²) in [4.78, 5) is 14.1. The highest BCUT2D eigenvalue weighted by atomic mass is 32.1. The SMILES string of the molecule is CN(C)[C@@H](CNC(=O)NCCc1ccsc1)Cc1ccccc1. The molecular weight excluding hydrogens is 306 g/mol. The Labute approximate surface area is 142 Å². The van der Waals surface area contributed by atoms with Crippen LogP contribution in [0, 0.1) is 0 Å². The van der Waals surface area contributed by atoms with Crippen LogP contribution in [0.1, 0.15) is 11.1 Å². The molecule has 23 heavy (non-hydrogen) atoms. The average molecular weight is 331 g/mol. The Bertz CT molecular complexity index is 569. The number of carbonyl (C=O) groups excluding carboxylic acids is 1. The lowest BCUT2D eigenvalue weighted by Gasteiger charge is -2.24. The molecule has 5 heteroatoms. The summed E-state index contributed by atoms with van der Waals surface area (Å²) in [6.45, 7) is 1.29. The number of hydrogen-bond acceptors (Lipinski definition) is 3. The lowest BCUT2D eigenvalue weighted by atomic mass is 10.1. The molecule has 1 atom stereocenters. The number of carbonyl (C=O) groups is 1. The van der Waals surface area contributed by atoms with Crippen molar-refractivity contribution < 1.29 is 4.79 Å². The minimum absolute atomic E-state index is 0.0971. The van der Waals surface area contributed by atoms with Gasteiger partial charge >= 0.3 is 6.03 Å². The van der Waals surface area contributed by atoms with Crippen molar-refractivity contribution >= 4 is 17.4 Å². The van der Waals surface area contributed by atoms with E-state index >= 15 is 0 Å². The maximum absolute atomic E-state index is 11.9. The highest BCUT2D eigenvalue weighted by Crippen LogP contribution is 2.07. The summed E-state index contributed by atoms with van der Waals surface area (Å²) in [6, 6.07) is 12.6. The molecule has 0 aliphatic rings. The summed E-state index contributed by atoms with van der Waals surface area (Å²) in [5.41, 5.74) is 2.55. The maximum atomic E-state index is 11.9. The fourth-order valence-electron chi connectivity index (χ4n) is 2.35. The Kier molecular flexibility index (Phi) is 7.10. The van der Waals surface area contributed by atoms with Gasteiger partial charge in [-0.25, -0.2) is 4.79 Å². The number of likely N-dealkylation sites (N-methyl/N-ethyl adjacent to an activating group) is 1. The maximum Gasteiger partial charge on any atom is 0.314 e. The lowest BCUT2D eigenvalue weighted by Crippen LogP contribution is -2.45. The normalized spacial score (nSPS) is 12.1. The molecule has 124 valence electrons.